The third kappa shape index (κ3) is 3.27. The number of halogens is 2. The van der Waals surface area contributed by atoms with Crippen molar-refractivity contribution >= 4 is 44.6 Å². The highest BCUT2D eigenvalue weighted by Gasteiger charge is 2.36. The molecule has 1 aromatic heterocycles. The molecule has 1 fully saturated rings. The molecule has 0 unspecified atom stereocenters. The second-order valence-corrected chi connectivity index (χ2v) is 8.45. The van der Waals surface area contributed by atoms with Crippen LogP contribution in [0, 0.1) is 5.92 Å². The topological polar surface area (TPSA) is 46.2 Å². The summed E-state index contributed by atoms with van der Waals surface area (Å²) in [6, 6.07) is 8.31. The molecule has 1 heterocycles. The Balaban J connectivity index is 1.93. The quantitative estimate of drug-likeness (QED) is 0.852. The minimum atomic E-state index is -3.70. The Morgan fingerprint density at radius 3 is 2.57 bits per heavy atom. The molecule has 1 aliphatic carbocycles. The Kier molecular flexibility index (Phi) is 4.30. The average molecular weight is 362 g/mol. The lowest BCUT2D eigenvalue weighted by Crippen LogP contribution is -2.29. The number of nitrogens with one attached hydrogen (secondary N) is 1. The molecule has 1 saturated carbocycles. The second kappa shape index (κ2) is 5.89. The summed E-state index contributed by atoms with van der Waals surface area (Å²) in [6.07, 6.45) is 2.07. The molecule has 112 valence electrons. The van der Waals surface area contributed by atoms with Gasteiger partial charge in [0.25, 0.3) is 0 Å². The zero-order valence-electron chi connectivity index (χ0n) is 10.9. The van der Waals surface area contributed by atoms with Crippen molar-refractivity contribution < 1.29 is 8.42 Å². The number of hydrogen-bond donors (Lipinski definition) is 1. The van der Waals surface area contributed by atoms with E-state index in [1.807, 2.05) is 17.5 Å². The van der Waals surface area contributed by atoms with E-state index in [1.54, 1.807) is 23.5 Å². The van der Waals surface area contributed by atoms with Crippen molar-refractivity contribution in [1.29, 1.82) is 0 Å². The van der Waals surface area contributed by atoms with Crippen LogP contribution in [0.3, 0.4) is 0 Å². The maximum Gasteiger partial charge on any atom is 0.242 e. The predicted octanol–water partition coefficient (Wildman–Crippen LogP) is 4.48. The Labute approximate surface area is 137 Å². The Morgan fingerprint density at radius 2 is 1.95 bits per heavy atom. The van der Waals surface area contributed by atoms with Crippen LogP contribution in [0.25, 0.3) is 0 Å². The molecule has 7 heteroatoms. The highest BCUT2D eigenvalue weighted by atomic mass is 35.5. The molecular formula is C14H13Cl2NO2S2. The number of hydrogen-bond acceptors (Lipinski definition) is 3. The lowest BCUT2D eigenvalue weighted by Gasteiger charge is -2.17. The Bertz CT molecular complexity index is 740. The molecule has 21 heavy (non-hydrogen) atoms. The first-order chi connectivity index (χ1) is 9.99. The van der Waals surface area contributed by atoms with E-state index in [0.29, 0.717) is 5.92 Å². The summed E-state index contributed by atoms with van der Waals surface area (Å²) >= 11 is 13.5. The van der Waals surface area contributed by atoms with Crippen molar-refractivity contribution in [3.8, 4) is 0 Å². The minimum Gasteiger partial charge on any atom is -0.207 e. The normalized spacial score (nSPS) is 16.9. The van der Waals surface area contributed by atoms with Gasteiger partial charge in [-0.3, -0.25) is 0 Å². The van der Waals surface area contributed by atoms with E-state index in [1.165, 1.54) is 6.07 Å². The van der Waals surface area contributed by atoms with Crippen LogP contribution in [-0.2, 0) is 10.0 Å². The Morgan fingerprint density at radius 1 is 1.19 bits per heavy atom. The van der Waals surface area contributed by atoms with Crippen LogP contribution < -0.4 is 4.72 Å². The fourth-order valence-electron chi connectivity index (χ4n) is 2.21. The van der Waals surface area contributed by atoms with E-state index in [9.17, 15) is 8.42 Å². The van der Waals surface area contributed by atoms with E-state index in [2.05, 4.69) is 4.72 Å². The van der Waals surface area contributed by atoms with E-state index in [-0.39, 0.29) is 21.0 Å². The summed E-state index contributed by atoms with van der Waals surface area (Å²) in [5.74, 6) is 0.358. The van der Waals surface area contributed by atoms with Gasteiger partial charge >= 0.3 is 0 Å². The zero-order valence-corrected chi connectivity index (χ0v) is 14.1. The molecule has 0 aliphatic heterocycles. The standard InChI is InChI=1S/C14H13Cl2NO2S2/c15-10-3-1-5-12(13(10)16)21(18,19)17-14(9-6-7-9)11-4-2-8-20-11/h1-5,8-9,14,17H,6-7H2/t14-/m0/s1. The van der Waals surface area contributed by atoms with Gasteiger partial charge in [-0.1, -0.05) is 35.3 Å². The van der Waals surface area contributed by atoms with E-state index in [0.717, 1.165) is 17.7 Å². The van der Waals surface area contributed by atoms with Crippen LogP contribution in [0.1, 0.15) is 23.8 Å². The first-order valence-corrected chi connectivity index (χ1v) is 9.60. The molecule has 0 radical (unpaired) electrons. The van der Waals surface area contributed by atoms with Gasteiger partial charge in [0.05, 0.1) is 16.1 Å². The van der Waals surface area contributed by atoms with Crippen molar-refractivity contribution in [1.82, 2.24) is 4.72 Å². The molecule has 0 amide bonds. The molecule has 2 aromatic rings. The maximum absolute atomic E-state index is 12.6. The smallest absolute Gasteiger partial charge is 0.207 e. The van der Waals surface area contributed by atoms with Gasteiger partial charge < -0.3 is 0 Å². The summed E-state index contributed by atoms with van der Waals surface area (Å²) < 4.78 is 28.0. The van der Waals surface area contributed by atoms with E-state index in [4.69, 9.17) is 23.2 Å². The van der Waals surface area contributed by atoms with Gasteiger partial charge in [0.2, 0.25) is 10.0 Å². The first kappa shape index (κ1) is 15.3. The fraction of sp³-hybridized carbons (Fsp3) is 0.286. The summed E-state index contributed by atoms with van der Waals surface area (Å²) in [5.41, 5.74) is 0. The highest BCUT2D eigenvalue weighted by Crippen LogP contribution is 2.43. The van der Waals surface area contributed by atoms with Crippen molar-refractivity contribution in [2.45, 2.75) is 23.8 Å². The van der Waals surface area contributed by atoms with Crippen molar-refractivity contribution in [2.75, 3.05) is 0 Å². The van der Waals surface area contributed by atoms with Crippen LogP contribution >= 0.6 is 34.5 Å². The van der Waals surface area contributed by atoms with Gasteiger partial charge in [0.1, 0.15) is 4.90 Å². The first-order valence-electron chi connectivity index (χ1n) is 6.49. The van der Waals surface area contributed by atoms with E-state index < -0.39 is 10.0 Å². The van der Waals surface area contributed by atoms with Gasteiger partial charge in [-0.25, -0.2) is 13.1 Å². The van der Waals surface area contributed by atoms with Crippen LogP contribution in [0.15, 0.2) is 40.6 Å². The van der Waals surface area contributed by atoms with Crippen LogP contribution in [0.4, 0.5) is 0 Å². The summed E-state index contributed by atoms with van der Waals surface area (Å²) in [7, 11) is -3.70. The molecule has 0 spiro atoms. The number of rotatable bonds is 5. The predicted molar refractivity (Wildman–Crippen MR) is 86.6 cm³/mol. The fourth-order valence-corrected chi connectivity index (χ4v) is 5.20. The molecule has 1 N–H and O–H groups in total. The SMILES string of the molecule is O=S(=O)(N[C@H](c1cccs1)C1CC1)c1cccc(Cl)c1Cl. The zero-order chi connectivity index (χ0) is 15.0. The molecule has 1 atom stereocenters. The lowest BCUT2D eigenvalue weighted by molar-refractivity contribution is 0.533. The van der Waals surface area contributed by atoms with Gasteiger partial charge in [-0.2, -0.15) is 0 Å². The summed E-state index contributed by atoms with van der Waals surface area (Å²) in [5, 5.41) is 2.25. The van der Waals surface area contributed by atoms with E-state index >= 15 is 0 Å². The van der Waals surface area contributed by atoms with Crippen molar-refractivity contribution in [3.63, 3.8) is 0 Å². The van der Waals surface area contributed by atoms with Crippen molar-refractivity contribution in [3.05, 3.63) is 50.6 Å². The van der Waals surface area contributed by atoms with Gasteiger partial charge in [-0.05, 0) is 42.3 Å². The third-order valence-corrected chi connectivity index (χ3v) is 6.80. The highest BCUT2D eigenvalue weighted by molar-refractivity contribution is 7.89. The largest absolute Gasteiger partial charge is 0.242 e. The molecule has 3 rings (SSSR count). The number of thiophene rings is 1. The third-order valence-electron chi connectivity index (χ3n) is 3.43. The lowest BCUT2D eigenvalue weighted by atomic mass is 10.2. The minimum absolute atomic E-state index is 0.0267. The molecule has 0 saturated heterocycles. The molecular weight excluding hydrogens is 349 g/mol. The molecule has 1 aromatic carbocycles. The molecule has 1 aliphatic rings. The van der Waals surface area contributed by atoms with Gasteiger partial charge in [0.15, 0.2) is 0 Å². The second-order valence-electron chi connectivity index (χ2n) is 5.00. The van der Waals surface area contributed by atoms with Crippen LogP contribution in [0.2, 0.25) is 10.0 Å². The van der Waals surface area contributed by atoms with Crippen molar-refractivity contribution in [2.24, 2.45) is 5.92 Å². The monoisotopic (exact) mass is 361 g/mol. The molecule has 0 bridgehead atoms. The average Bonchev–Trinajstić information content (AvgIpc) is 3.13. The Hall–Kier alpha value is -0.590. The number of benzene rings is 1. The number of sulfonamides is 1. The van der Waals surface area contributed by atoms with Gasteiger partial charge in [0, 0.05) is 4.88 Å². The molecule has 3 nitrogen and oxygen atoms in total. The summed E-state index contributed by atoms with van der Waals surface area (Å²) in [6.45, 7) is 0. The maximum atomic E-state index is 12.6. The van der Waals surface area contributed by atoms with Crippen LogP contribution in [-0.4, -0.2) is 8.42 Å². The van der Waals surface area contributed by atoms with Crippen LogP contribution in [0.5, 0.6) is 0 Å². The van der Waals surface area contributed by atoms with Gasteiger partial charge in [-0.15, -0.1) is 11.3 Å². The summed E-state index contributed by atoms with van der Waals surface area (Å²) in [4.78, 5) is 1.05.